The van der Waals surface area contributed by atoms with Crippen molar-refractivity contribution in [2.45, 2.75) is 32.9 Å². The third kappa shape index (κ3) is 8.76. The molecule has 172 valence electrons. The van der Waals surface area contributed by atoms with Crippen molar-refractivity contribution in [3.8, 4) is 5.75 Å². The maximum Gasteiger partial charge on any atom is 0.308 e. The van der Waals surface area contributed by atoms with Crippen molar-refractivity contribution in [3.63, 3.8) is 0 Å². The van der Waals surface area contributed by atoms with Crippen LogP contribution in [0.1, 0.15) is 37.4 Å². The molecule has 0 bridgehead atoms. The van der Waals surface area contributed by atoms with Crippen LogP contribution < -0.4 is 4.74 Å². The molecule has 0 heterocycles. The zero-order valence-electron chi connectivity index (χ0n) is 18.7. The fraction of sp³-hybridized carbons (Fsp3) is 0.185. The maximum atomic E-state index is 12.4. The van der Waals surface area contributed by atoms with E-state index in [1.165, 1.54) is 13.8 Å². The second-order valence-corrected chi connectivity index (χ2v) is 8.11. The Morgan fingerprint density at radius 3 is 2.00 bits per heavy atom. The normalized spacial score (nSPS) is 10.9. The first-order valence-corrected chi connectivity index (χ1v) is 11.2. The molecule has 0 saturated carbocycles. The Morgan fingerprint density at radius 1 is 0.909 bits per heavy atom. The highest BCUT2D eigenvalue weighted by Gasteiger charge is 2.23. The number of hydrogen-bond acceptors (Lipinski definition) is 3. The largest absolute Gasteiger partial charge is 0.426 e. The molecule has 3 aromatic carbocycles. The van der Waals surface area contributed by atoms with E-state index in [9.17, 15) is 9.59 Å². The first kappa shape index (κ1) is 26.2. The molecule has 0 N–H and O–H groups in total. The fourth-order valence-electron chi connectivity index (χ4n) is 3.21. The molecule has 3 rings (SSSR count). The number of benzene rings is 3. The number of esters is 1. The van der Waals surface area contributed by atoms with E-state index in [0.29, 0.717) is 23.7 Å². The number of ether oxygens (including phenoxy) is 1. The Morgan fingerprint density at radius 2 is 1.48 bits per heavy atom. The Kier molecular flexibility index (Phi) is 10.7. The molecule has 0 radical (unpaired) electrons. The third-order valence-corrected chi connectivity index (χ3v) is 5.23. The van der Waals surface area contributed by atoms with Crippen LogP contribution in [-0.2, 0) is 16.1 Å². The van der Waals surface area contributed by atoms with Gasteiger partial charge in [-0.15, -0.1) is 6.58 Å². The molecule has 1 atom stereocenters. The highest BCUT2D eigenvalue weighted by atomic mass is 35.5. The van der Waals surface area contributed by atoms with Crippen molar-refractivity contribution in [1.82, 2.24) is 4.90 Å². The quantitative estimate of drug-likeness (QED) is 0.201. The van der Waals surface area contributed by atoms with Crippen molar-refractivity contribution in [2.75, 3.05) is 0 Å². The first-order chi connectivity index (χ1) is 15.8. The molecule has 0 saturated heterocycles. The van der Waals surface area contributed by atoms with E-state index in [1.807, 2.05) is 54.6 Å². The predicted molar refractivity (Wildman–Crippen MR) is 134 cm³/mol. The molecular weight excluding hydrogens is 457 g/mol. The lowest BCUT2D eigenvalue weighted by molar-refractivity contribution is -0.132. The number of rotatable bonds is 7. The van der Waals surface area contributed by atoms with Crippen LogP contribution in [0.5, 0.6) is 5.75 Å². The van der Waals surface area contributed by atoms with E-state index < -0.39 is 5.97 Å². The van der Waals surface area contributed by atoms with Crippen molar-refractivity contribution in [1.29, 1.82) is 0 Å². The molecule has 0 spiro atoms. The van der Waals surface area contributed by atoms with E-state index >= 15 is 0 Å². The molecule has 0 aliphatic rings. The van der Waals surface area contributed by atoms with Gasteiger partial charge in [0.15, 0.2) is 0 Å². The predicted octanol–water partition coefficient (Wildman–Crippen LogP) is 7.27. The van der Waals surface area contributed by atoms with Crippen molar-refractivity contribution in [2.24, 2.45) is 0 Å². The zero-order chi connectivity index (χ0) is 24.2. The van der Waals surface area contributed by atoms with Crippen LogP contribution in [-0.4, -0.2) is 16.8 Å². The lowest BCUT2D eigenvalue weighted by Gasteiger charge is -2.31. The monoisotopic (exact) mass is 483 g/mol. The van der Waals surface area contributed by atoms with E-state index in [0.717, 1.165) is 16.1 Å². The molecular formula is C27H27Cl2NO3. The van der Waals surface area contributed by atoms with Gasteiger partial charge in [-0.1, -0.05) is 77.8 Å². The maximum absolute atomic E-state index is 12.4. The number of halogens is 2. The molecule has 0 fully saturated rings. The fourth-order valence-corrected chi connectivity index (χ4v) is 3.49. The SMILES string of the molecule is C=CC[C@@H](c1ccc(Cl)cc1)N(Cc1ccccc1OC(C)=O)C(C)=O.Clc1ccccc1. The van der Waals surface area contributed by atoms with Gasteiger partial charge < -0.3 is 9.64 Å². The Hall–Kier alpha value is -3.08. The Labute approximate surface area is 205 Å². The van der Waals surface area contributed by atoms with Crippen LogP contribution >= 0.6 is 23.2 Å². The summed E-state index contributed by atoms with van der Waals surface area (Å²) in [4.78, 5) is 25.5. The number of hydrogen-bond donors (Lipinski definition) is 0. The Balaban J connectivity index is 0.000000468. The van der Waals surface area contributed by atoms with Gasteiger partial charge >= 0.3 is 5.97 Å². The van der Waals surface area contributed by atoms with Gasteiger partial charge in [0.1, 0.15) is 5.75 Å². The van der Waals surface area contributed by atoms with E-state index in [4.69, 9.17) is 27.9 Å². The van der Waals surface area contributed by atoms with Crippen LogP contribution in [0.3, 0.4) is 0 Å². The third-order valence-electron chi connectivity index (χ3n) is 4.73. The van der Waals surface area contributed by atoms with Crippen LogP contribution in [0.25, 0.3) is 0 Å². The number of nitrogens with zero attached hydrogens (tertiary/aromatic N) is 1. The lowest BCUT2D eigenvalue weighted by atomic mass is 10.0. The first-order valence-electron chi connectivity index (χ1n) is 10.4. The molecule has 0 aromatic heterocycles. The molecule has 33 heavy (non-hydrogen) atoms. The summed E-state index contributed by atoms with van der Waals surface area (Å²) in [7, 11) is 0. The van der Waals surface area contributed by atoms with Gasteiger partial charge in [0.05, 0.1) is 6.04 Å². The van der Waals surface area contributed by atoms with Crippen LogP contribution in [0, 0.1) is 0 Å². The van der Waals surface area contributed by atoms with Crippen LogP contribution in [0.2, 0.25) is 10.0 Å². The minimum absolute atomic E-state index is 0.0792. The van der Waals surface area contributed by atoms with Crippen LogP contribution in [0.15, 0.2) is 91.5 Å². The standard InChI is InChI=1S/C21H22ClNO3.C6H5Cl/c1-4-7-20(17-10-12-19(22)13-11-17)23(15(2)24)14-18-8-5-6-9-21(18)26-16(3)25;7-6-4-2-1-3-5-6/h4-6,8-13,20H,1,7,14H2,2-3H3;1-5H/t20-;/m0./s1. The number of para-hydroxylation sites is 1. The second-order valence-electron chi connectivity index (χ2n) is 7.24. The minimum atomic E-state index is -0.396. The summed E-state index contributed by atoms with van der Waals surface area (Å²) in [5.74, 6) is -0.0173. The molecule has 0 aliphatic carbocycles. The highest BCUT2D eigenvalue weighted by molar-refractivity contribution is 6.30. The lowest BCUT2D eigenvalue weighted by Crippen LogP contribution is -2.32. The van der Waals surface area contributed by atoms with Gasteiger partial charge in [0.25, 0.3) is 0 Å². The van der Waals surface area contributed by atoms with Gasteiger partial charge in [0.2, 0.25) is 5.91 Å². The van der Waals surface area contributed by atoms with Gasteiger partial charge in [0, 0.05) is 36.0 Å². The van der Waals surface area contributed by atoms with Crippen LogP contribution in [0.4, 0.5) is 0 Å². The zero-order valence-corrected chi connectivity index (χ0v) is 20.2. The molecule has 3 aromatic rings. The average molecular weight is 484 g/mol. The number of carbonyl (C=O) groups is 2. The van der Waals surface area contributed by atoms with Gasteiger partial charge in [-0.05, 0) is 42.3 Å². The Bertz CT molecular complexity index is 1050. The second kappa shape index (κ2) is 13.5. The van der Waals surface area contributed by atoms with Gasteiger partial charge in [-0.2, -0.15) is 0 Å². The molecule has 0 unspecified atom stereocenters. The van der Waals surface area contributed by atoms with Crippen molar-refractivity contribution < 1.29 is 14.3 Å². The number of amides is 1. The summed E-state index contributed by atoms with van der Waals surface area (Å²) in [6.07, 6.45) is 2.38. The van der Waals surface area contributed by atoms with E-state index in [1.54, 1.807) is 35.2 Å². The average Bonchev–Trinajstić information content (AvgIpc) is 2.78. The van der Waals surface area contributed by atoms with E-state index in [2.05, 4.69) is 6.58 Å². The summed E-state index contributed by atoms with van der Waals surface area (Å²) in [6, 6.07) is 23.9. The highest BCUT2D eigenvalue weighted by Crippen LogP contribution is 2.30. The molecule has 6 heteroatoms. The summed E-state index contributed by atoms with van der Waals surface area (Å²) in [6.45, 7) is 7.02. The summed E-state index contributed by atoms with van der Waals surface area (Å²) < 4.78 is 5.27. The van der Waals surface area contributed by atoms with Gasteiger partial charge in [-0.3, -0.25) is 9.59 Å². The van der Waals surface area contributed by atoms with Crippen molar-refractivity contribution in [3.05, 3.63) is 113 Å². The van der Waals surface area contributed by atoms with E-state index in [-0.39, 0.29) is 11.9 Å². The number of carbonyl (C=O) groups excluding carboxylic acids is 2. The summed E-state index contributed by atoms with van der Waals surface area (Å²) in [5.41, 5.74) is 1.73. The summed E-state index contributed by atoms with van der Waals surface area (Å²) >= 11 is 11.5. The van der Waals surface area contributed by atoms with Crippen molar-refractivity contribution >= 4 is 35.1 Å². The minimum Gasteiger partial charge on any atom is -0.426 e. The summed E-state index contributed by atoms with van der Waals surface area (Å²) in [5, 5.41) is 1.43. The molecule has 4 nitrogen and oxygen atoms in total. The molecule has 1 amide bonds. The van der Waals surface area contributed by atoms with Gasteiger partial charge in [-0.25, -0.2) is 0 Å². The molecule has 0 aliphatic heterocycles. The smallest absolute Gasteiger partial charge is 0.308 e. The topological polar surface area (TPSA) is 46.6 Å².